The zero-order valence-corrected chi connectivity index (χ0v) is 14.9. The number of amides is 2. The molecule has 6 heteroatoms. The van der Waals surface area contributed by atoms with Gasteiger partial charge in [0.1, 0.15) is 0 Å². The second kappa shape index (κ2) is 7.32. The maximum absolute atomic E-state index is 12.4. The summed E-state index contributed by atoms with van der Waals surface area (Å²) >= 11 is 11.9. The van der Waals surface area contributed by atoms with Gasteiger partial charge in [-0.05, 0) is 37.3 Å². The fourth-order valence-electron chi connectivity index (χ4n) is 2.75. The minimum atomic E-state index is -0.128. The van der Waals surface area contributed by atoms with Crippen molar-refractivity contribution in [1.82, 2.24) is 4.90 Å². The molecule has 0 aliphatic carbocycles. The van der Waals surface area contributed by atoms with Crippen molar-refractivity contribution in [3.8, 4) is 0 Å². The van der Waals surface area contributed by atoms with E-state index in [0.717, 1.165) is 13.1 Å². The van der Waals surface area contributed by atoms with Gasteiger partial charge in [0, 0.05) is 47.6 Å². The van der Waals surface area contributed by atoms with Crippen molar-refractivity contribution < 1.29 is 4.79 Å². The molecule has 126 valence electrons. The molecule has 1 heterocycles. The molecule has 1 aliphatic heterocycles. The van der Waals surface area contributed by atoms with E-state index in [1.165, 1.54) is 11.3 Å². The van der Waals surface area contributed by atoms with Crippen molar-refractivity contribution in [1.29, 1.82) is 0 Å². The molecule has 0 aromatic heterocycles. The third-order valence-corrected chi connectivity index (χ3v) is 4.52. The summed E-state index contributed by atoms with van der Waals surface area (Å²) in [5.41, 5.74) is 3.05. The van der Waals surface area contributed by atoms with E-state index in [2.05, 4.69) is 41.4 Å². The Morgan fingerprint density at radius 1 is 0.958 bits per heavy atom. The molecule has 0 bridgehead atoms. The molecule has 0 unspecified atom stereocenters. The molecule has 0 spiro atoms. The molecule has 4 nitrogen and oxygen atoms in total. The lowest BCUT2D eigenvalue weighted by atomic mass is 10.2. The molecule has 1 saturated heterocycles. The molecule has 2 aromatic carbocycles. The number of carbonyl (C=O) groups is 1. The Morgan fingerprint density at radius 2 is 1.54 bits per heavy atom. The van der Waals surface area contributed by atoms with Crippen LogP contribution >= 0.6 is 23.2 Å². The van der Waals surface area contributed by atoms with Crippen molar-refractivity contribution in [3.63, 3.8) is 0 Å². The van der Waals surface area contributed by atoms with Crippen LogP contribution in [0.2, 0.25) is 10.0 Å². The van der Waals surface area contributed by atoms with Crippen LogP contribution in [0.1, 0.15) is 5.56 Å². The normalized spacial score (nSPS) is 14.6. The summed E-state index contributed by atoms with van der Waals surface area (Å²) in [6.07, 6.45) is 0. The number of benzene rings is 2. The van der Waals surface area contributed by atoms with Crippen molar-refractivity contribution in [2.45, 2.75) is 6.92 Å². The summed E-state index contributed by atoms with van der Waals surface area (Å²) in [5, 5.41) is 3.86. The summed E-state index contributed by atoms with van der Waals surface area (Å²) in [6, 6.07) is 13.4. The summed E-state index contributed by atoms with van der Waals surface area (Å²) in [5.74, 6) is 0. The van der Waals surface area contributed by atoms with E-state index < -0.39 is 0 Å². The highest BCUT2D eigenvalue weighted by Gasteiger charge is 2.21. The zero-order chi connectivity index (χ0) is 17.1. The van der Waals surface area contributed by atoms with Crippen LogP contribution in [-0.4, -0.2) is 37.1 Å². The SMILES string of the molecule is Cc1ccc(N2CCN(C(=O)Nc3cc(Cl)cc(Cl)c3)CC2)cc1. The number of nitrogens with zero attached hydrogens (tertiary/aromatic N) is 2. The van der Waals surface area contributed by atoms with E-state index in [1.807, 2.05) is 0 Å². The van der Waals surface area contributed by atoms with Crippen LogP contribution in [0.15, 0.2) is 42.5 Å². The minimum absolute atomic E-state index is 0.128. The first-order valence-electron chi connectivity index (χ1n) is 7.85. The van der Waals surface area contributed by atoms with Crippen LogP contribution in [0.4, 0.5) is 16.2 Å². The smallest absolute Gasteiger partial charge is 0.321 e. The van der Waals surface area contributed by atoms with E-state index in [9.17, 15) is 4.79 Å². The number of hydrogen-bond acceptors (Lipinski definition) is 2. The highest BCUT2D eigenvalue weighted by Crippen LogP contribution is 2.23. The molecule has 0 radical (unpaired) electrons. The molecular formula is C18H19Cl2N3O. The van der Waals surface area contributed by atoms with Crippen LogP contribution in [0.25, 0.3) is 0 Å². The Kier molecular flexibility index (Phi) is 5.17. The lowest BCUT2D eigenvalue weighted by molar-refractivity contribution is 0.208. The van der Waals surface area contributed by atoms with Crippen molar-refractivity contribution in [2.24, 2.45) is 0 Å². The Hall–Kier alpha value is -1.91. The predicted octanol–water partition coefficient (Wildman–Crippen LogP) is 4.66. The van der Waals surface area contributed by atoms with Gasteiger partial charge in [-0.2, -0.15) is 0 Å². The van der Waals surface area contributed by atoms with Gasteiger partial charge in [0.25, 0.3) is 0 Å². The largest absolute Gasteiger partial charge is 0.368 e. The van der Waals surface area contributed by atoms with Gasteiger partial charge in [-0.15, -0.1) is 0 Å². The van der Waals surface area contributed by atoms with Gasteiger partial charge >= 0.3 is 6.03 Å². The number of rotatable bonds is 2. The standard InChI is InChI=1S/C18H19Cl2N3O/c1-13-2-4-17(5-3-13)22-6-8-23(9-7-22)18(24)21-16-11-14(19)10-15(20)12-16/h2-5,10-12H,6-9H2,1H3,(H,21,24). The van der Waals surface area contributed by atoms with Gasteiger partial charge < -0.3 is 15.1 Å². The number of anilines is 2. The molecule has 0 atom stereocenters. The maximum Gasteiger partial charge on any atom is 0.321 e. The summed E-state index contributed by atoms with van der Waals surface area (Å²) < 4.78 is 0. The highest BCUT2D eigenvalue weighted by molar-refractivity contribution is 6.35. The molecule has 1 fully saturated rings. The first-order valence-corrected chi connectivity index (χ1v) is 8.60. The second-order valence-electron chi connectivity index (χ2n) is 5.90. The van der Waals surface area contributed by atoms with E-state index in [0.29, 0.717) is 28.8 Å². The Morgan fingerprint density at radius 3 is 2.12 bits per heavy atom. The van der Waals surface area contributed by atoms with Gasteiger partial charge in [0.2, 0.25) is 0 Å². The van der Waals surface area contributed by atoms with Crippen LogP contribution in [-0.2, 0) is 0 Å². The molecule has 24 heavy (non-hydrogen) atoms. The monoisotopic (exact) mass is 363 g/mol. The fraction of sp³-hybridized carbons (Fsp3) is 0.278. The van der Waals surface area contributed by atoms with Crippen LogP contribution in [0.5, 0.6) is 0 Å². The van der Waals surface area contributed by atoms with Crippen molar-refractivity contribution in [2.75, 3.05) is 36.4 Å². The summed E-state index contributed by atoms with van der Waals surface area (Å²) in [4.78, 5) is 16.5. The average Bonchev–Trinajstić information content (AvgIpc) is 2.55. The van der Waals surface area contributed by atoms with Crippen molar-refractivity contribution >= 4 is 40.6 Å². The van der Waals surface area contributed by atoms with Crippen molar-refractivity contribution in [3.05, 3.63) is 58.1 Å². The van der Waals surface area contributed by atoms with Gasteiger partial charge in [-0.25, -0.2) is 4.79 Å². The quantitative estimate of drug-likeness (QED) is 0.842. The van der Waals surface area contributed by atoms with E-state index in [4.69, 9.17) is 23.2 Å². The lowest BCUT2D eigenvalue weighted by Gasteiger charge is -2.36. The number of urea groups is 1. The van der Waals surface area contributed by atoms with Gasteiger partial charge in [0.05, 0.1) is 0 Å². The average molecular weight is 364 g/mol. The van der Waals surface area contributed by atoms with Crippen LogP contribution in [0.3, 0.4) is 0 Å². The second-order valence-corrected chi connectivity index (χ2v) is 6.77. The number of hydrogen-bond donors (Lipinski definition) is 1. The molecule has 2 aromatic rings. The third kappa shape index (κ3) is 4.13. The number of nitrogens with one attached hydrogen (secondary N) is 1. The molecular weight excluding hydrogens is 345 g/mol. The number of aryl methyl sites for hydroxylation is 1. The summed E-state index contributed by atoms with van der Waals surface area (Å²) in [7, 11) is 0. The zero-order valence-electron chi connectivity index (χ0n) is 13.4. The Balaban J connectivity index is 1.57. The maximum atomic E-state index is 12.4. The molecule has 1 N–H and O–H groups in total. The first-order chi connectivity index (χ1) is 11.5. The number of piperazine rings is 1. The van der Waals surface area contributed by atoms with Gasteiger partial charge in [0.15, 0.2) is 0 Å². The third-order valence-electron chi connectivity index (χ3n) is 4.08. The summed E-state index contributed by atoms with van der Waals surface area (Å²) in [6.45, 7) is 5.05. The van der Waals surface area contributed by atoms with Gasteiger partial charge in [-0.1, -0.05) is 40.9 Å². The number of halogens is 2. The van der Waals surface area contributed by atoms with Gasteiger partial charge in [-0.3, -0.25) is 0 Å². The Bertz CT molecular complexity index is 705. The van der Waals surface area contributed by atoms with E-state index in [1.54, 1.807) is 23.1 Å². The predicted molar refractivity (Wildman–Crippen MR) is 100 cm³/mol. The molecule has 3 rings (SSSR count). The lowest BCUT2D eigenvalue weighted by Crippen LogP contribution is -2.50. The van der Waals surface area contributed by atoms with E-state index >= 15 is 0 Å². The topological polar surface area (TPSA) is 35.6 Å². The van der Waals surface area contributed by atoms with Crippen LogP contribution in [0, 0.1) is 6.92 Å². The van der Waals surface area contributed by atoms with E-state index in [-0.39, 0.29) is 6.03 Å². The Labute approximate surface area is 152 Å². The van der Waals surface area contributed by atoms with Crippen LogP contribution < -0.4 is 10.2 Å². The minimum Gasteiger partial charge on any atom is -0.368 e. The number of carbonyl (C=O) groups excluding carboxylic acids is 1. The highest BCUT2D eigenvalue weighted by atomic mass is 35.5. The molecule has 2 amide bonds. The molecule has 1 aliphatic rings. The molecule has 0 saturated carbocycles. The fourth-order valence-corrected chi connectivity index (χ4v) is 3.28. The first kappa shape index (κ1) is 16.9.